The van der Waals surface area contributed by atoms with Gasteiger partial charge in [-0.3, -0.25) is 0 Å². The molecule has 0 unspecified atom stereocenters. The van der Waals surface area contributed by atoms with Crippen molar-refractivity contribution in [1.29, 1.82) is 0 Å². The number of ether oxygens (including phenoxy) is 3. The SMILES string of the molecule is COc1cccc(OC)c1OC[C@@H](O)CNC(C)(C)C. The lowest BCUT2D eigenvalue weighted by Crippen LogP contribution is -2.42. The number of nitrogens with one attached hydrogen (secondary N) is 1. The Labute approximate surface area is 120 Å². The maximum Gasteiger partial charge on any atom is 0.203 e. The van der Waals surface area contributed by atoms with E-state index in [9.17, 15) is 5.11 Å². The van der Waals surface area contributed by atoms with Crippen LogP contribution >= 0.6 is 0 Å². The van der Waals surface area contributed by atoms with Crippen LogP contribution in [0.25, 0.3) is 0 Å². The number of benzene rings is 1. The molecule has 0 radical (unpaired) electrons. The molecule has 2 N–H and O–H groups in total. The minimum absolute atomic E-state index is 0.0386. The monoisotopic (exact) mass is 283 g/mol. The van der Waals surface area contributed by atoms with Crippen LogP contribution in [-0.4, -0.2) is 44.1 Å². The molecule has 5 heteroatoms. The molecule has 0 aliphatic carbocycles. The number of β-amino-alcohol motifs (C(OH)–C–C–N with tert-alkyl or cyclic N) is 1. The minimum atomic E-state index is -0.608. The van der Waals surface area contributed by atoms with E-state index in [2.05, 4.69) is 5.32 Å². The van der Waals surface area contributed by atoms with Crippen LogP contribution in [0.3, 0.4) is 0 Å². The Balaban J connectivity index is 2.60. The van der Waals surface area contributed by atoms with Crippen molar-refractivity contribution < 1.29 is 19.3 Å². The Morgan fingerprint density at radius 2 is 1.70 bits per heavy atom. The molecule has 1 rings (SSSR count). The molecule has 0 heterocycles. The Kier molecular flexibility index (Phi) is 6.10. The number of aliphatic hydroxyl groups excluding tert-OH is 1. The fraction of sp³-hybridized carbons (Fsp3) is 0.600. The molecule has 0 saturated heterocycles. The third kappa shape index (κ3) is 5.27. The number of hydrogen-bond acceptors (Lipinski definition) is 5. The lowest BCUT2D eigenvalue weighted by molar-refractivity contribution is 0.0968. The molecule has 0 amide bonds. The van der Waals surface area contributed by atoms with Gasteiger partial charge >= 0.3 is 0 Å². The van der Waals surface area contributed by atoms with Gasteiger partial charge in [-0.05, 0) is 32.9 Å². The zero-order chi connectivity index (χ0) is 15.2. The summed E-state index contributed by atoms with van der Waals surface area (Å²) in [4.78, 5) is 0. The molecule has 0 aromatic heterocycles. The van der Waals surface area contributed by atoms with Crippen LogP contribution in [0.2, 0.25) is 0 Å². The van der Waals surface area contributed by atoms with E-state index in [1.807, 2.05) is 26.8 Å². The average molecular weight is 283 g/mol. The average Bonchev–Trinajstić information content (AvgIpc) is 2.41. The van der Waals surface area contributed by atoms with Crippen LogP contribution in [0.5, 0.6) is 17.2 Å². The van der Waals surface area contributed by atoms with Gasteiger partial charge in [0.05, 0.1) is 14.2 Å². The number of hydrogen-bond donors (Lipinski definition) is 2. The molecular weight excluding hydrogens is 258 g/mol. The molecule has 1 atom stereocenters. The van der Waals surface area contributed by atoms with E-state index < -0.39 is 6.10 Å². The Hall–Kier alpha value is -1.46. The number of aliphatic hydroxyl groups is 1. The van der Waals surface area contributed by atoms with Gasteiger partial charge < -0.3 is 24.6 Å². The molecule has 114 valence electrons. The highest BCUT2D eigenvalue weighted by Crippen LogP contribution is 2.36. The van der Waals surface area contributed by atoms with Crippen molar-refractivity contribution in [2.45, 2.75) is 32.4 Å². The topological polar surface area (TPSA) is 60.0 Å². The fourth-order valence-electron chi connectivity index (χ4n) is 1.62. The largest absolute Gasteiger partial charge is 0.493 e. The molecule has 0 bridgehead atoms. The molecule has 0 saturated carbocycles. The Bertz CT molecular complexity index is 393. The summed E-state index contributed by atoms with van der Waals surface area (Å²) in [6.45, 7) is 6.76. The van der Waals surface area contributed by atoms with Crippen LogP contribution in [0.15, 0.2) is 18.2 Å². The summed E-state index contributed by atoms with van der Waals surface area (Å²) in [7, 11) is 3.14. The molecular formula is C15H25NO4. The molecule has 0 aliphatic heterocycles. The van der Waals surface area contributed by atoms with Crippen molar-refractivity contribution in [2.75, 3.05) is 27.4 Å². The molecule has 0 spiro atoms. The van der Waals surface area contributed by atoms with Gasteiger partial charge in [0.25, 0.3) is 0 Å². The molecule has 1 aromatic rings. The first-order chi connectivity index (χ1) is 9.37. The Morgan fingerprint density at radius 1 is 1.15 bits per heavy atom. The van der Waals surface area contributed by atoms with E-state index in [4.69, 9.17) is 14.2 Å². The highest BCUT2D eigenvalue weighted by Gasteiger charge is 2.15. The summed E-state index contributed by atoms with van der Waals surface area (Å²) in [6.07, 6.45) is -0.608. The van der Waals surface area contributed by atoms with Crippen molar-refractivity contribution in [3.8, 4) is 17.2 Å². The van der Waals surface area contributed by atoms with E-state index in [1.54, 1.807) is 26.4 Å². The predicted molar refractivity (Wildman–Crippen MR) is 78.8 cm³/mol. The Morgan fingerprint density at radius 3 is 2.15 bits per heavy atom. The van der Waals surface area contributed by atoms with Gasteiger partial charge in [0.15, 0.2) is 11.5 Å². The highest BCUT2D eigenvalue weighted by molar-refractivity contribution is 5.51. The first-order valence-corrected chi connectivity index (χ1v) is 6.64. The van der Waals surface area contributed by atoms with Gasteiger partial charge in [0.2, 0.25) is 5.75 Å². The zero-order valence-electron chi connectivity index (χ0n) is 12.9. The number of methoxy groups -OCH3 is 2. The third-order valence-electron chi connectivity index (χ3n) is 2.67. The van der Waals surface area contributed by atoms with Crippen molar-refractivity contribution >= 4 is 0 Å². The molecule has 20 heavy (non-hydrogen) atoms. The maximum atomic E-state index is 9.93. The van der Waals surface area contributed by atoms with Gasteiger partial charge in [-0.25, -0.2) is 0 Å². The molecule has 0 aliphatic rings. The molecule has 0 fully saturated rings. The van der Waals surface area contributed by atoms with Gasteiger partial charge in [-0.2, -0.15) is 0 Å². The number of rotatable bonds is 7. The first kappa shape index (κ1) is 16.6. The van der Waals surface area contributed by atoms with Crippen LogP contribution in [0.1, 0.15) is 20.8 Å². The van der Waals surface area contributed by atoms with Crippen molar-refractivity contribution in [1.82, 2.24) is 5.32 Å². The second-order valence-electron chi connectivity index (χ2n) is 5.59. The second kappa shape index (κ2) is 7.36. The smallest absolute Gasteiger partial charge is 0.203 e. The van der Waals surface area contributed by atoms with Crippen LogP contribution < -0.4 is 19.5 Å². The second-order valence-corrected chi connectivity index (χ2v) is 5.59. The third-order valence-corrected chi connectivity index (χ3v) is 2.67. The molecule has 1 aromatic carbocycles. The first-order valence-electron chi connectivity index (χ1n) is 6.64. The molecule has 5 nitrogen and oxygen atoms in total. The lowest BCUT2D eigenvalue weighted by atomic mass is 10.1. The standard InChI is InChI=1S/C15H25NO4/c1-15(2,3)16-9-11(17)10-20-14-12(18-4)7-6-8-13(14)19-5/h6-8,11,16-17H,9-10H2,1-5H3/t11-/m0/s1. The van der Waals surface area contributed by atoms with Crippen LogP contribution in [0.4, 0.5) is 0 Å². The van der Waals surface area contributed by atoms with E-state index in [0.717, 1.165) is 0 Å². The summed E-state index contributed by atoms with van der Waals surface area (Å²) in [5.74, 6) is 1.67. The van der Waals surface area contributed by atoms with Crippen molar-refractivity contribution in [2.24, 2.45) is 0 Å². The van der Waals surface area contributed by atoms with Gasteiger partial charge in [0.1, 0.15) is 12.7 Å². The van der Waals surface area contributed by atoms with E-state index in [1.165, 1.54) is 0 Å². The predicted octanol–water partition coefficient (Wildman–Crippen LogP) is 1.83. The summed E-state index contributed by atoms with van der Waals surface area (Å²) < 4.78 is 16.1. The van der Waals surface area contributed by atoms with E-state index in [0.29, 0.717) is 23.8 Å². The van der Waals surface area contributed by atoms with Gasteiger partial charge in [-0.15, -0.1) is 0 Å². The van der Waals surface area contributed by atoms with E-state index >= 15 is 0 Å². The lowest BCUT2D eigenvalue weighted by Gasteiger charge is -2.23. The minimum Gasteiger partial charge on any atom is -0.493 e. The highest BCUT2D eigenvalue weighted by atomic mass is 16.5. The maximum absolute atomic E-state index is 9.93. The van der Waals surface area contributed by atoms with Crippen molar-refractivity contribution in [3.63, 3.8) is 0 Å². The number of para-hydroxylation sites is 1. The van der Waals surface area contributed by atoms with Crippen LogP contribution in [-0.2, 0) is 0 Å². The quantitative estimate of drug-likeness (QED) is 0.799. The van der Waals surface area contributed by atoms with E-state index in [-0.39, 0.29) is 12.1 Å². The fourth-order valence-corrected chi connectivity index (χ4v) is 1.62. The summed E-state index contributed by atoms with van der Waals surface area (Å²) in [5.41, 5.74) is -0.0386. The summed E-state index contributed by atoms with van der Waals surface area (Å²) >= 11 is 0. The zero-order valence-corrected chi connectivity index (χ0v) is 12.9. The van der Waals surface area contributed by atoms with Gasteiger partial charge in [-0.1, -0.05) is 6.07 Å². The van der Waals surface area contributed by atoms with Crippen molar-refractivity contribution in [3.05, 3.63) is 18.2 Å². The normalized spacial score (nSPS) is 12.9. The summed E-state index contributed by atoms with van der Waals surface area (Å²) in [6, 6.07) is 5.40. The van der Waals surface area contributed by atoms with Gasteiger partial charge in [0, 0.05) is 12.1 Å². The van der Waals surface area contributed by atoms with Crippen LogP contribution in [0, 0.1) is 0 Å². The summed E-state index contributed by atoms with van der Waals surface area (Å²) in [5, 5.41) is 13.2.